The minimum Gasteiger partial charge on any atom is -0.477 e. The van der Waals surface area contributed by atoms with Gasteiger partial charge in [-0.25, -0.2) is 0 Å². The summed E-state index contributed by atoms with van der Waals surface area (Å²) in [4.78, 5) is 8.40. The fraction of sp³-hybridized carbons (Fsp3) is 0.692. The predicted molar refractivity (Wildman–Crippen MR) is 73.7 cm³/mol. The Morgan fingerprint density at radius 3 is 2.83 bits per heavy atom. The Labute approximate surface area is 109 Å². The molecule has 0 aliphatic carbocycles. The van der Waals surface area contributed by atoms with E-state index in [1.807, 2.05) is 0 Å². The lowest BCUT2D eigenvalue weighted by Gasteiger charge is -2.15. The molecule has 5 nitrogen and oxygen atoms in total. The van der Waals surface area contributed by atoms with Gasteiger partial charge in [0.05, 0.1) is 19.0 Å². The molecule has 0 aliphatic heterocycles. The zero-order valence-electron chi connectivity index (χ0n) is 11.5. The molecule has 0 spiro atoms. The molecule has 0 bridgehead atoms. The molecule has 1 unspecified atom stereocenters. The number of nitrogens with one attached hydrogen (secondary N) is 1. The Bertz CT molecular complexity index is 344. The van der Waals surface area contributed by atoms with Crippen molar-refractivity contribution in [2.24, 2.45) is 11.7 Å². The average molecular weight is 252 g/mol. The minimum absolute atomic E-state index is 0.131. The molecule has 0 saturated carbocycles. The van der Waals surface area contributed by atoms with Crippen molar-refractivity contribution >= 4 is 5.82 Å². The maximum Gasteiger partial charge on any atom is 0.234 e. The molecule has 1 rings (SSSR count). The number of aromatic nitrogens is 2. The van der Waals surface area contributed by atoms with Crippen LogP contribution >= 0.6 is 0 Å². The van der Waals surface area contributed by atoms with Gasteiger partial charge in [0.2, 0.25) is 5.88 Å². The second-order valence-corrected chi connectivity index (χ2v) is 4.86. The van der Waals surface area contributed by atoms with Crippen molar-refractivity contribution in [1.82, 2.24) is 9.97 Å². The third kappa shape index (κ3) is 5.82. The standard InChI is InChI=1S/C13H24N4O/c1-4-5-18-13-9-15-8-12(17-13)16-7-11(14)6-10(2)3/h8-11H,4-7,14H2,1-3H3,(H,16,17). The lowest BCUT2D eigenvalue weighted by molar-refractivity contribution is 0.304. The molecule has 3 N–H and O–H groups in total. The van der Waals surface area contributed by atoms with Crippen LogP contribution in [0.25, 0.3) is 0 Å². The Morgan fingerprint density at radius 2 is 2.17 bits per heavy atom. The van der Waals surface area contributed by atoms with Gasteiger partial charge in [0.25, 0.3) is 0 Å². The largest absolute Gasteiger partial charge is 0.477 e. The van der Waals surface area contributed by atoms with Gasteiger partial charge in [-0.1, -0.05) is 20.8 Å². The summed E-state index contributed by atoms with van der Waals surface area (Å²) in [6, 6.07) is 0.131. The van der Waals surface area contributed by atoms with Crippen LogP contribution < -0.4 is 15.8 Å². The van der Waals surface area contributed by atoms with Crippen molar-refractivity contribution in [2.75, 3.05) is 18.5 Å². The molecule has 5 heteroatoms. The third-order valence-corrected chi connectivity index (χ3v) is 2.39. The molecule has 1 aromatic rings. The molecule has 1 heterocycles. The Morgan fingerprint density at radius 1 is 1.39 bits per heavy atom. The van der Waals surface area contributed by atoms with Gasteiger partial charge in [-0.15, -0.1) is 0 Å². The summed E-state index contributed by atoms with van der Waals surface area (Å²) >= 11 is 0. The number of ether oxygens (including phenoxy) is 1. The lowest BCUT2D eigenvalue weighted by atomic mass is 10.0. The van der Waals surface area contributed by atoms with Crippen LogP contribution in [0.3, 0.4) is 0 Å². The Kier molecular flexibility index (Phi) is 6.43. The van der Waals surface area contributed by atoms with Gasteiger partial charge in [0, 0.05) is 12.6 Å². The van der Waals surface area contributed by atoms with E-state index < -0.39 is 0 Å². The van der Waals surface area contributed by atoms with Crippen LogP contribution in [0.5, 0.6) is 5.88 Å². The fourth-order valence-corrected chi connectivity index (χ4v) is 1.63. The van der Waals surface area contributed by atoms with Crippen molar-refractivity contribution in [2.45, 2.75) is 39.7 Å². The van der Waals surface area contributed by atoms with E-state index in [2.05, 4.69) is 36.1 Å². The smallest absolute Gasteiger partial charge is 0.234 e. The van der Waals surface area contributed by atoms with Crippen LogP contribution in [-0.4, -0.2) is 29.2 Å². The highest BCUT2D eigenvalue weighted by Crippen LogP contribution is 2.10. The second kappa shape index (κ2) is 7.87. The topological polar surface area (TPSA) is 73.1 Å². The maximum atomic E-state index is 6.00. The first-order chi connectivity index (χ1) is 8.61. The molecular formula is C13H24N4O. The highest BCUT2D eigenvalue weighted by molar-refractivity contribution is 5.33. The summed E-state index contributed by atoms with van der Waals surface area (Å²) in [6.07, 6.45) is 5.25. The molecule has 0 saturated heterocycles. The average Bonchev–Trinajstić information content (AvgIpc) is 2.33. The van der Waals surface area contributed by atoms with E-state index in [-0.39, 0.29) is 6.04 Å². The lowest BCUT2D eigenvalue weighted by Crippen LogP contribution is -2.30. The van der Waals surface area contributed by atoms with E-state index in [9.17, 15) is 0 Å². The van der Waals surface area contributed by atoms with Crippen LogP contribution in [0.2, 0.25) is 0 Å². The van der Waals surface area contributed by atoms with E-state index in [1.54, 1.807) is 12.4 Å². The number of hydrogen-bond donors (Lipinski definition) is 2. The van der Waals surface area contributed by atoms with E-state index in [0.29, 0.717) is 30.8 Å². The minimum atomic E-state index is 0.131. The highest BCUT2D eigenvalue weighted by Gasteiger charge is 2.06. The first kappa shape index (κ1) is 14.7. The van der Waals surface area contributed by atoms with Crippen molar-refractivity contribution < 1.29 is 4.74 Å². The van der Waals surface area contributed by atoms with Crippen molar-refractivity contribution in [3.05, 3.63) is 12.4 Å². The molecule has 102 valence electrons. The first-order valence-electron chi connectivity index (χ1n) is 6.56. The molecule has 1 aromatic heterocycles. The molecule has 0 radical (unpaired) electrons. The number of anilines is 1. The number of hydrogen-bond acceptors (Lipinski definition) is 5. The van der Waals surface area contributed by atoms with E-state index in [4.69, 9.17) is 10.5 Å². The van der Waals surface area contributed by atoms with Crippen LogP contribution in [-0.2, 0) is 0 Å². The molecule has 0 fully saturated rings. The molecule has 0 amide bonds. The van der Waals surface area contributed by atoms with Gasteiger partial charge in [-0.2, -0.15) is 4.98 Å². The van der Waals surface area contributed by atoms with Crippen LogP contribution in [0, 0.1) is 5.92 Å². The molecular weight excluding hydrogens is 228 g/mol. The summed E-state index contributed by atoms with van der Waals surface area (Å²) in [5.74, 6) is 1.87. The zero-order valence-corrected chi connectivity index (χ0v) is 11.5. The number of nitrogens with two attached hydrogens (primary N) is 1. The van der Waals surface area contributed by atoms with Gasteiger partial charge in [-0.05, 0) is 18.8 Å². The van der Waals surface area contributed by atoms with Gasteiger partial charge in [-0.3, -0.25) is 4.98 Å². The monoisotopic (exact) mass is 252 g/mol. The summed E-state index contributed by atoms with van der Waals surface area (Å²) in [5, 5.41) is 3.19. The first-order valence-corrected chi connectivity index (χ1v) is 6.56. The zero-order chi connectivity index (χ0) is 13.4. The van der Waals surface area contributed by atoms with Gasteiger partial charge < -0.3 is 15.8 Å². The van der Waals surface area contributed by atoms with E-state index >= 15 is 0 Å². The van der Waals surface area contributed by atoms with Crippen molar-refractivity contribution in [3.63, 3.8) is 0 Å². The van der Waals surface area contributed by atoms with Gasteiger partial charge in [0.1, 0.15) is 5.82 Å². The Hall–Kier alpha value is -1.36. The predicted octanol–water partition coefficient (Wildman–Crippen LogP) is 2.05. The van der Waals surface area contributed by atoms with Crippen LogP contribution in [0.1, 0.15) is 33.6 Å². The number of nitrogens with zero attached hydrogens (tertiary/aromatic N) is 2. The van der Waals surface area contributed by atoms with Crippen molar-refractivity contribution in [1.29, 1.82) is 0 Å². The molecule has 0 aromatic carbocycles. The second-order valence-electron chi connectivity index (χ2n) is 4.86. The third-order valence-electron chi connectivity index (χ3n) is 2.39. The maximum absolute atomic E-state index is 6.00. The molecule has 0 aliphatic rings. The number of rotatable bonds is 8. The summed E-state index contributed by atoms with van der Waals surface area (Å²) in [6.45, 7) is 7.74. The van der Waals surface area contributed by atoms with Crippen molar-refractivity contribution in [3.8, 4) is 5.88 Å². The van der Waals surface area contributed by atoms with Crippen LogP contribution in [0.4, 0.5) is 5.82 Å². The summed E-state index contributed by atoms with van der Waals surface area (Å²) in [5.41, 5.74) is 6.00. The quantitative estimate of drug-likeness (QED) is 0.740. The molecule has 1 atom stereocenters. The summed E-state index contributed by atoms with van der Waals surface area (Å²) in [7, 11) is 0. The van der Waals surface area contributed by atoms with Gasteiger partial charge in [0.15, 0.2) is 0 Å². The molecule has 18 heavy (non-hydrogen) atoms. The van der Waals surface area contributed by atoms with E-state index in [1.165, 1.54) is 0 Å². The highest BCUT2D eigenvalue weighted by atomic mass is 16.5. The SMILES string of the molecule is CCCOc1cncc(NCC(N)CC(C)C)n1. The fourth-order valence-electron chi connectivity index (χ4n) is 1.63. The van der Waals surface area contributed by atoms with Gasteiger partial charge >= 0.3 is 0 Å². The van der Waals surface area contributed by atoms with E-state index in [0.717, 1.165) is 12.8 Å². The Balaban J connectivity index is 2.41. The van der Waals surface area contributed by atoms with Crippen LogP contribution in [0.15, 0.2) is 12.4 Å². The summed E-state index contributed by atoms with van der Waals surface area (Å²) < 4.78 is 5.42. The normalized spacial score (nSPS) is 12.5.